The number of benzene rings is 2. The summed E-state index contributed by atoms with van der Waals surface area (Å²) in [6, 6.07) is 14.2. The number of sulfonamides is 1. The number of nitrogens with one attached hydrogen (secondary N) is 1. The van der Waals surface area contributed by atoms with Crippen molar-refractivity contribution in [2.75, 3.05) is 23.7 Å². The highest BCUT2D eigenvalue weighted by atomic mass is 35.5. The zero-order valence-corrected chi connectivity index (χ0v) is 16.8. The van der Waals surface area contributed by atoms with Crippen LogP contribution in [0.2, 0.25) is 10.0 Å². The Hall–Kier alpha value is -1.76. The van der Waals surface area contributed by atoms with Crippen LogP contribution in [0.3, 0.4) is 0 Å². The van der Waals surface area contributed by atoms with Gasteiger partial charge in [-0.25, -0.2) is 8.42 Å². The van der Waals surface area contributed by atoms with Crippen LogP contribution >= 0.6 is 23.2 Å². The molecule has 0 bridgehead atoms. The summed E-state index contributed by atoms with van der Waals surface area (Å²) >= 11 is 12.0. The van der Waals surface area contributed by atoms with E-state index in [1.54, 1.807) is 6.07 Å². The third-order valence-corrected chi connectivity index (χ3v) is 5.52. The second-order valence-electron chi connectivity index (χ2n) is 5.98. The van der Waals surface area contributed by atoms with E-state index in [1.165, 1.54) is 12.1 Å². The highest BCUT2D eigenvalue weighted by Crippen LogP contribution is 2.30. The molecule has 26 heavy (non-hydrogen) atoms. The molecule has 140 valence electrons. The van der Waals surface area contributed by atoms with Crippen molar-refractivity contribution in [3.63, 3.8) is 0 Å². The first-order valence-corrected chi connectivity index (χ1v) is 10.5. The Balaban J connectivity index is 2.09. The van der Waals surface area contributed by atoms with Crippen LogP contribution < -0.4 is 9.62 Å². The second-order valence-corrected chi connectivity index (χ2v) is 8.73. The minimum absolute atomic E-state index is 0.0987. The van der Waals surface area contributed by atoms with Crippen molar-refractivity contribution in [1.29, 1.82) is 0 Å². The summed E-state index contributed by atoms with van der Waals surface area (Å²) in [6.45, 7) is 2.00. The van der Waals surface area contributed by atoms with Crippen LogP contribution in [0.25, 0.3) is 0 Å². The maximum atomic E-state index is 12.3. The number of carbonyl (C=O) groups excluding carboxylic acids is 1. The first-order valence-electron chi connectivity index (χ1n) is 7.93. The number of hydrogen-bond donors (Lipinski definition) is 1. The molecule has 1 N–H and O–H groups in total. The summed E-state index contributed by atoms with van der Waals surface area (Å²) in [4.78, 5) is 12.3. The summed E-state index contributed by atoms with van der Waals surface area (Å²) in [5.41, 5.74) is 1.26. The van der Waals surface area contributed by atoms with Gasteiger partial charge in [0, 0.05) is 11.6 Å². The lowest BCUT2D eigenvalue weighted by molar-refractivity contribution is -0.119. The van der Waals surface area contributed by atoms with Gasteiger partial charge in [0.25, 0.3) is 0 Å². The Morgan fingerprint density at radius 3 is 2.42 bits per heavy atom. The van der Waals surface area contributed by atoms with E-state index < -0.39 is 15.9 Å². The molecule has 0 aliphatic rings. The molecule has 0 heterocycles. The summed E-state index contributed by atoms with van der Waals surface area (Å²) in [6.07, 6.45) is 1.02. The molecule has 8 heteroatoms. The third kappa shape index (κ3) is 5.62. The highest BCUT2D eigenvalue weighted by Gasteiger charge is 2.23. The Morgan fingerprint density at radius 2 is 1.81 bits per heavy atom. The Kier molecular flexibility index (Phi) is 6.92. The second kappa shape index (κ2) is 8.75. The first-order chi connectivity index (χ1) is 12.2. The van der Waals surface area contributed by atoms with Gasteiger partial charge in [0.2, 0.25) is 15.9 Å². The zero-order chi connectivity index (χ0) is 19.3. The van der Waals surface area contributed by atoms with Crippen molar-refractivity contribution in [3.8, 4) is 0 Å². The molecule has 0 saturated carbocycles. The summed E-state index contributed by atoms with van der Waals surface area (Å²) < 4.78 is 25.2. The van der Waals surface area contributed by atoms with E-state index in [0.717, 1.165) is 16.1 Å². The molecule has 2 aromatic carbocycles. The van der Waals surface area contributed by atoms with E-state index in [2.05, 4.69) is 5.32 Å². The number of halogens is 2. The van der Waals surface area contributed by atoms with Gasteiger partial charge in [-0.2, -0.15) is 0 Å². The van der Waals surface area contributed by atoms with Gasteiger partial charge in [-0.1, -0.05) is 60.5 Å². The molecule has 2 rings (SSSR count). The molecule has 1 atom stereocenters. The van der Waals surface area contributed by atoms with Crippen molar-refractivity contribution in [2.45, 2.75) is 12.8 Å². The molecule has 0 radical (unpaired) electrons. The van der Waals surface area contributed by atoms with Crippen molar-refractivity contribution < 1.29 is 13.2 Å². The molecule has 0 saturated heterocycles. The minimum Gasteiger partial charge on any atom is -0.354 e. The van der Waals surface area contributed by atoms with Gasteiger partial charge in [-0.3, -0.25) is 9.10 Å². The maximum absolute atomic E-state index is 12.3. The topological polar surface area (TPSA) is 66.5 Å². The molecule has 0 aliphatic heterocycles. The van der Waals surface area contributed by atoms with Crippen molar-refractivity contribution in [3.05, 3.63) is 64.1 Å². The van der Waals surface area contributed by atoms with Gasteiger partial charge in [0.15, 0.2) is 0 Å². The molecule has 0 spiro atoms. The number of amides is 1. The smallest absolute Gasteiger partial charge is 0.240 e. The van der Waals surface area contributed by atoms with Crippen LogP contribution in [0.15, 0.2) is 48.5 Å². The molecule has 0 aliphatic carbocycles. The maximum Gasteiger partial charge on any atom is 0.240 e. The molecule has 0 unspecified atom stereocenters. The van der Waals surface area contributed by atoms with E-state index in [4.69, 9.17) is 23.2 Å². The molecule has 1 amide bonds. The quantitative estimate of drug-likeness (QED) is 0.750. The fraction of sp³-hybridized carbons (Fsp3) is 0.278. The first kappa shape index (κ1) is 20.6. The number of rotatable bonds is 7. The van der Waals surface area contributed by atoms with E-state index in [9.17, 15) is 13.2 Å². The van der Waals surface area contributed by atoms with Crippen LogP contribution in [0, 0.1) is 0 Å². The molecule has 5 nitrogen and oxygen atoms in total. The minimum atomic E-state index is -3.71. The standard InChI is InChI=1S/C18H20Cl2N2O3S/c1-13(14-6-4-3-5-7-14)11-21-18(23)12-22(26(2,24)25)17-10-15(19)8-9-16(17)20/h3-10,13H,11-12H2,1-2H3,(H,21,23)/t13-/m1/s1. The fourth-order valence-electron chi connectivity index (χ4n) is 2.41. The van der Waals surface area contributed by atoms with Crippen LogP contribution in [0.4, 0.5) is 5.69 Å². The predicted molar refractivity (Wildman–Crippen MR) is 107 cm³/mol. The highest BCUT2D eigenvalue weighted by molar-refractivity contribution is 7.92. The number of carbonyl (C=O) groups is 1. The van der Waals surface area contributed by atoms with Crippen LogP contribution in [-0.4, -0.2) is 33.7 Å². The predicted octanol–water partition coefficient (Wildman–Crippen LogP) is 3.68. The van der Waals surface area contributed by atoms with Crippen LogP contribution in [0.1, 0.15) is 18.4 Å². The van der Waals surface area contributed by atoms with Gasteiger partial charge in [-0.15, -0.1) is 0 Å². The average molecular weight is 415 g/mol. The van der Waals surface area contributed by atoms with E-state index in [-0.39, 0.29) is 23.2 Å². The molecule has 2 aromatic rings. The van der Waals surface area contributed by atoms with E-state index in [0.29, 0.717) is 11.6 Å². The van der Waals surface area contributed by atoms with Crippen LogP contribution in [-0.2, 0) is 14.8 Å². The third-order valence-electron chi connectivity index (χ3n) is 3.84. The molecular weight excluding hydrogens is 395 g/mol. The van der Waals surface area contributed by atoms with Gasteiger partial charge >= 0.3 is 0 Å². The number of hydrogen-bond acceptors (Lipinski definition) is 3. The summed E-state index contributed by atoms with van der Waals surface area (Å²) in [5, 5.41) is 3.30. The lowest BCUT2D eigenvalue weighted by Gasteiger charge is -2.23. The normalized spacial score (nSPS) is 12.5. The van der Waals surface area contributed by atoms with Crippen LogP contribution in [0.5, 0.6) is 0 Å². The largest absolute Gasteiger partial charge is 0.354 e. The summed E-state index contributed by atoms with van der Waals surface area (Å²) in [7, 11) is -3.71. The van der Waals surface area contributed by atoms with E-state index >= 15 is 0 Å². The Morgan fingerprint density at radius 1 is 1.15 bits per heavy atom. The molecule has 0 aromatic heterocycles. The molecular formula is C18H20Cl2N2O3S. The summed E-state index contributed by atoms with van der Waals surface area (Å²) in [5.74, 6) is -0.323. The fourth-order valence-corrected chi connectivity index (χ4v) is 3.71. The van der Waals surface area contributed by atoms with Crippen molar-refractivity contribution in [1.82, 2.24) is 5.32 Å². The molecule has 0 fully saturated rings. The van der Waals surface area contributed by atoms with Crippen molar-refractivity contribution >= 4 is 44.8 Å². The van der Waals surface area contributed by atoms with E-state index in [1.807, 2.05) is 37.3 Å². The lowest BCUT2D eigenvalue weighted by Crippen LogP contribution is -2.41. The Labute approximate surface area is 164 Å². The zero-order valence-electron chi connectivity index (χ0n) is 14.4. The number of nitrogens with zero attached hydrogens (tertiary/aromatic N) is 1. The number of anilines is 1. The average Bonchev–Trinajstić information content (AvgIpc) is 2.59. The van der Waals surface area contributed by atoms with Gasteiger partial charge in [0.05, 0.1) is 17.0 Å². The lowest BCUT2D eigenvalue weighted by atomic mass is 10.0. The monoisotopic (exact) mass is 414 g/mol. The van der Waals surface area contributed by atoms with Gasteiger partial charge in [0.1, 0.15) is 6.54 Å². The van der Waals surface area contributed by atoms with Crippen molar-refractivity contribution in [2.24, 2.45) is 0 Å². The Bertz CT molecular complexity index is 873. The van der Waals surface area contributed by atoms with Gasteiger partial charge < -0.3 is 5.32 Å². The van der Waals surface area contributed by atoms with Gasteiger partial charge in [-0.05, 0) is 29.7 Å². The SMILES string of the molecule is C[C@H](CNC(=O)CN(c1cc(Cl)ccc1Cl)S(C)(=O)=O)c1ccccc1.